The summed E-state index contributed by atoms with van der Waals surface area (Å²) in [5, 5.41) is 36.1. The molecule has 0 aromatic heterocycles. The normalized spacial score (nSPS) is 24.5. The molecule has 2 aliphatic rings. The summed E-state index contributed by atoms with van der Waals surface area (Å²) in [7, 11) is -6.02. The number of aliphatic hydroxyl groups is 4. The molecule has 0 aliphatic carbocycles. The molecular formula is C16H28CaN2O8S6. The molecule has 17 heteroatoms. The van der Waals surface area contributed by atoms with E-state index in [0.717, 1.165) is 0 Å². The minimum absolute atomic E-state index is 0. The van der Waals surface area contributed by atoms with Crippen LogP contribution in [0.15, 0.2) is 0 Å². The Morgan fingerprint density at radius 2 is 1.12 bits per heavy atom. The molecule has 2 saturated heterocycles. The summed E-state index contributed by atoms with van der Waals surface area (Å²) in [5.74, 6) is 0.284. The van der Waals surface area contributed by atoms with Gasteiger partial charge in [-0.15, -0.1) is 0 Å². The van der Waals surface area contributed by atoms with Crippen LogP contribution in [-0.2, 0) is 44.9 Å². The van der Waals surface area contributed by atoms with E-state index in [0.29, 0.717) is 12.8 Å². The number of rotatable bonds is 8. The van der Waals surface area contributed by atoms with Gasteiger partial charge in [-0.3, -0.25) is 0 Å². The van der Waals surface area contributed by atoms with Crippen molar-refractivity contribution in [2.75, 3.05) is 49.3 Å². The predicted octanol–water partition coefficient (Wildman–Crippen LogP) is -3.06. The van der Waals surface area contributed by atoms with Crippen LogP contribution in [0.25, 0.3) is 0 Å². The Kier molecular flexibility index (Phi) is 16.0. The molecule has 4 unspecified atom stereocenters. The van der Waals surface area contributed by atoms with Crippen molar-refractivity contribution in [2.24, 2.45) is 0 Å². The fourth-order valence-electron chi connectivity index (χ4n) is 3.36. The molecular weight excluding hydrogens is 581 g/mol. The predicted molar refractivity (Wildman–Crippen MR) is 139 cm³/mol. The standard InChI is InChI=1S/2C8H15NO4S3.Ca/c2*10-4-7(11)3-9(8(14)15)6-1-2-16(12,13)5-6;/h2*6-7,10-11H,1-5H2,(H,14,15);/q;;+2/p-2. The van der Waals surface area contributed by atoms with Crippen LogP contribution in [0.4, 0.5) is 0 Å². The molecule has 2 aliphatic heterocycles. The molecule has 188 valence electrons. The maximum atomic E-state index is 11.3. The number of thiocarbonyl (C=S) groups is 2. The second-order valence-corrected chi connectivity index (χ2v) is 14.1. The molecule has 33 heavy (non-hydrogen) atoms. The second-order valence-electron chi connectivity index (χ2n) is 7.62. The summed E-state index contributed by atoms with van der Waals surface area (Å²) in [5.41, 5.74) is 0. The van der Waals surface area contributed by atoms with Crippen LogP contribution < -0.4 is 0 Å². The molecule has 4 atom stereocenters. The van der Waals surface area contributed by atoms with Crippen LogP contribution in [-0.4, -0.2) is 167 Å². The first-order valence-electron chi connectivity index (χ1n) is 9.65. The quantitative estimate of drug-likeness (QED) is 0.125. The Morgan fingerprint density at radius 3 is 1.30 bits per heavy atom. The van der Waals surface area contributed by atoms with Crippen molar-refractivity contribution < 1.29 is 37.3 Å². The van der Waals surface area contributed by atoms with Gasteiger partial charge in [-0.05, 0) is 12.8 Å². The average Bonchev–Trinajstić information content (AvgIpc) is 3.24. The minimum Gasteiger partial charge on any atom is -0.411 e. The van der Waals surface area contributed by atoms with Gasteiger partial charge in [0.25, 0.3) is 0 Å². The third kappa shape index (κ3) is 12.3. The summed E-state index contributed by atoms with van der Waals surface area (Å²) < 4.78 is 45.5. The van der Waals surface area contributed by atoms with Crippen LogP contribution in [0.5, 0.6) is 0 Å². The van der Waals surface area contributed by atoms with Gasteiger partial charge < -0.3 is 79.9 Å². The fraction of sp³-hybridized carbons (Fsp3) is 0.875. The van der Waals surface area contributed by atoms with Gasteiger partial charge in [0.05, 0.1) is 48.4 Å². The number of hydrogen-bond acceptors (Lipinski definition) is 12. The number of sulfone groups is 2. The van der Waals surface area contributed by atoms with Crippen molar-refractivity contribution >= 4 is 116 Å². The van der Waals surface area contributed by atoms with Crippen molar-refractivity contribution in [1.29, 1.82) is 0 Å². The zero-order chi connectivity index (χ0) is 24.7. The maximum Gasteiger partial charge on any atom is 2.00 e. The van der Waals surface area contributed by atoms with Crippen LogP contribution in [0.3, 0.4) is 0 Å². The first-order chi connectivity index (χ1) is 14.7. The summed E-state index contributed by atoms with van der Waals surface area (Å²) in [6.07, 6.45) is -0.970. The van der Waals surface area contributed by atoms with Crippen molar-refractivity contribution in [3.05, 3.63) is 0 Å². The van der Waals surface area contributed by atoms with E-state index in [2.05, 4.69) is 0 Å². The first kappa shape index (κ1) is 34.2. The molecule has 10 nitrogen and oxygen atoms in total. The average molecular weight is 609 g/mol. The van der Waals surface area contributed by atoms with E-state index in [4.69, 9.17) is 59.9 Å². The van der Waals surface area contributed by atoms with Crippen molar-refractivity contribution in [3.63, 3.8) is 0 Å². The van der Waals surface area contributed by atoms with Gasteiger partial charge in [0.15, 0.2) is 19.7 Å². The molecule has 0 saturated carbocycles. The van der Waals surface area contributed by atoms with Gasteiger partial charge in [-0.2, -0.15) is 0 Å². The third-order valence-corrected chi connectivity index (χ3v) is 9.44. The third-order valence-electron chi connectivity index (χ3n) is 5.00. The fourth-order valence-corrected chi connectivity index (χ4v) is 7.71. The monoisotopic (exact) mass is 608 g/mol. The first-order valence-corrected chi connectivity index (χ1v) is 14.9. The van der Waals surface area contributed by atoms with Gasteiger partial charge in [-0.25, -0.2) is 16.8 Å². The Morgan fingerprint density at radius 1 is 0.818 bits per heavy atom. The van der Waals surface area contributed by atoms with E-state index in [1.165, 1.54) is 9.80 Å². The van der Waals surface area contributed by atoms with E-state index in [1.807, 2.05) is 0 Å². The molecule has 4 N–H and O–H groups in total. The minimum atomic E-state index is -3.01. The SMILES string of the molecule is O=S1(=O)CCC(N(CC(O)CO)C(=S)[S-])C1.O=S1(=O)CCC(N(CC(O)CO)C(=S)[S-])C1.[Ca+2]. The summed E-state index contributed by atoms with van der Waals surface area (Å²) >= 11 is 19.4. The van der Waals surface area contributed by atoms with Gasteiger partial charge in [-0.1, -0.05) is 8.64 Å². The number of hydrogen-bond donors (Lipinski definition) is 4. The molecule has 2 fully saturated rings. The molecule has 0 aromatic rings. The zero-order valence-corrected chi connectivity index (χ0v) is 25.0. The smallest absolute Gasteiger partial charge is 0.411 e. The zero-order valence-electron chi connectivity index (χ0n) is 17.9. The Balaban J connectivity index is 0.000000602. The molecule has 0 bridgehead atoms. The molecule has 2 heterocycles. The molecule has 0 radical (unpaired) electrons. The number of nitrogens with zero attached hydrogens (tertiary/aromatic N) is 2. The van der Waals surface area contributed by atoms with E-state index in [9.17, 15) is 27.0 Å². The Hall–Kier alpha value is 1.22. The van der Waals surface area contributed by atoms with Crippen LogP contribution in [0, 0.1) is 0 Å². The van der Waals surface area contributed by atoms with Gasteiger partial charge in [0.1, 0.15) is 0 Å². The second kappa shape index (κ2) is 15.5. The van der Waals surface area contributed by atoms with Crippen LogP contribution >= 0.6 is 24.4 Å². The van der Waals surface area contributed by atoms with E-state index < -0.39 is 45.1 Å². The Labute approximate surface area is 246 Å². The molecule has 2 rings (SSSR count). The summed E-state index contributed by atoms with van der Waals surface area (Å²) in [6, 6.07) is -0.535. The molecule has 0 spiro atoms. The van der Waals surface area contributed by atoms with E-state index >= 15 is 0 Å². The maximum absolute atomic E-state index is 11.3. The van der Waals surface area contributed by atoms with Crippen molar-refractivity contribution in [2.45, 2.75) is 37.1 Å². The number of aliphatic hydroxyl groups excluding tert-OH is 4. The van der Waals surface area contributed by atoms with E-state index in [-0.39, 0.29) is 94.6 Å². The van der Waals surface area contributed by atoms with Gasteiger partial charge >= 0.3 is 37.7 Å². The summed E-state index contributed by atoms with van der Waals surface area (Å²) in [6.45, 7) is -0.625. The van der Waals surface area contributed by atoms with Crippen molar-refractivity contribution in [3.8, 4) is 0 Å². The Bertz CT molecular complexity index is 789. The summed E-state index contributed by atoms with van der Waals surface area (Å²) in [4.78, 5) is 3.02. The van der Waals surface area contributed by atoms with Crippen LogP contribution in [0.1, 0.15) is 12.8 Å². The topological polar surface area (TPSA) is 156 Å². The van der Waals surface area contributed by atoms with Crippen molar-refractivity contribution in [1.82, 2.24) is 9.80 Å². The van der Waals surface area contributed by atoms with Gasteiger partial charge in [0.2, 0.25) is 0 Å². The van der Waals surface area contributed by atoms with Crippen LogP contribution in [0.2, 0.25) is 0 Å². The molecule has 0 aromatic carbocycles. The largest absolute Gasteiger partial charge is 2.00 e. The molecule has 0 amide bonds. The van der Waals surface area contributed by atoms with Gasteiger partial charge in [0, 0.05) is 25.2 Å². The van der Waals surface area contributed by atoms with E-state index in [1.54, 1.807) is 0 Å².